The highest BCUT2D eigenvalue weighted by Crippen LogP contribution is 2.10. The summed E-state index contributed by atoms with van der Waals surface area (Å²) in [7, 11) is 2.00. The van der Waals surface area contributed by atoms with Gasteiger partial charge >= 0.3 is 6.67 Å². The van der Waals surface area contributed by atoms with Crippen molar-refractivity contribution in [2.75, 3.05) is 13.6 Å². The molecule has 1 rings (SSSR count). The van der Waals surface area contributed by atoms with Crippen LogP contribution in [0.25, 0.3) is 0 Å². The molecule has 0 bridgehead atoms. The molecule has 0 aromatic rings. The highest BCUT2D eigenvalue weighted by Gasteiger charge is 2.26. The second-order valence-corrected chi connectivity index (χ2v) is 3.26. The van der Waals surface area contributed by atoms with E-state index in [0.29, 0.717) is 0 Å². The summed E-state index contributed by atoms with van der Waals surface area (Å²) in [6, 6.07) is 0. The first-order valence-electron chi connectivity index (χ1n) is 4.77. The number of hydrogen-bond donors (Lipinski definition) is 0. The minimum Gasteiger partial charge on any atom is -1.00 e. The van der Waals surface area contributed by atoms with Gasteiger partial charge in [0.25, 0.3) is 0 Å². The molecule has 1 aliphatic rings. The van der Waals surface area contributed by atoms with Crippen LogP contribution in [0.15, 0.2) is 12.4 Å². The lowest BCUT2D eigenvalue weighted by Crippen LogP contribution is -3.00. The van der Waals surface area contributed by atoms with Gasteiger partial charge in [-0.2, -0.15) is 0 Å². The molecule has 0 fully saturated rings. The number of unbranched alkanes of at least 4 members (excludes halogenated alkanes) is 3. The van der Waals surface area contributed by atoms with E-state index in [1.165, 1.54) is 25.7 Å². The van der Waals surface area contributed by atoms with Gasteiger partial charge in [0.15, 0.2) is 0 Å². The van der Waals surface area contributed by atoms with Gasteiger partial charge < -0.3 is 17.0 Å². The van der Waals surface area contributed by atoms with Crippen molar-refractivity contribution in [3.63, 3.8) is 0 Å². The van der Waals surface area contributed by atoms with Gasteiger partial charge in [0.2, 0.25) is 0 Å². The quantitative estimate of drug-likeness (QED) is 0.467. The monoisotopic (exact) mass is 245 g/mol. The highest BCUT2D eigenvalue weighted by molar-refractivity contribution is 4.94. The lowest BCUT2D eigenvalue weighted by molar-refractivity contribution is -0.00000265. The zero-order chi connectivity index (χ0) is 8.81. The van der Waals surface area contributed by atoms with E-state index in [1.807, 2.05) is 18.1 Å². The third-order valence-corrected chi connectivity index (χ3v) is 2.01. The zero-order valence-electron chi connectivity index (χ0n) is 8.46. The molecule has 0 saturated carbocycles. The normalized spacial score (nSPS) is 14.3. The van der Waals surface area contributed by atoms with Crippen LogP contribution in [0.1, 0.15) is 32.6 Å². The van der Waals surface area contributed by atoms with Crippen molar-refractivity contribution in [3.8, 4) is 0 Å². The summed E-state index contributed by atoms with van der Waals surface area (Å²) in [5.74, 6) is 0. The third-order valence-electron chi connectivity index (χ3n) is 2.01. The average molecular weight is 246 g/mol. The van der Waals surface area contributed by atoms with Gasteiger partial charge in [0.05, 0.1) is 26.0 Å². The lowest BCUT2D eigenvalue weighted by atomic mass is 10.2. The SMILES string of the molecule is CCCCCCN1[C+]N(C)C=C1.[Br-]. The van der Waals surface area contributed by atoms with Gasteiger partial charge in [-0.05, 0) is 6.42 Å². The van der Waals surface area contributed by atoms with Gasteiger partial charge in [-0.15, -0.1) is 9.80 Å². The first-order chi connectivity index (χ1) is 5.83. The topological polar surface area (TPSA) is 6.48 Å². The maximum Gasteiger partial charge on any atom is 0.564 e. The summed E-state index contributed by atoms with van der Waals surface area (Å²) >= 11 is 0. The lowest BCUT2D eigenvalue weighted by Gasteiger charge is -2.01. The maximum atomic E-state index is 3.19. The Hall–Kier alpha value is -0.310. The molecule has 0 spiro atoms. The molecule has 1 aliphatic heterocycles. The van der Waals surface area contributed by atoms with Crippen molar-refractivity contribution in [2.45, 2.75) is 32.6 Å². The average Bonchev–Trinajstić information content (AvgIpc) is 2.45. The van der Waals surface area contributed by atoms with Crippen LogP contribution in [0.3, 0.4) is 0 Å². The molecule has 2 nitrogen and oxygen atoms in total. The predicted molar refractivity (Wildman–Crippen MR) is 51.0 cm³/mol. The Bertz CT molecular complexity index is 148. The first kappa shape index (κ1) is 12.7. The van der Waals surface area contributed by atoms with Crippen LogP contribution in [0.4, 0.5) is 0 Å². The van der Waals surface area contributed by atoms with E-state index in [0.717, 1.165) is 6.54 Å². The number of rotatable bonds is 5. The largest absolute Gasteiger partial charge is 1.00 e. The van der Waals surface area contributed by atoms with Crippen molar-refractivity contribution >= 4 is 0 Å². The molecule has 0 aromatic carbocycles. The van der Waals surface area contributed by atoms with E-state index >= 15 is 0 Å². The van der Waals surface area contributed by atoms with Gasteiger partial charge in [0, 0.05) is 0 Å². The van der Waals surface area contributed by atoms with E-state index < -0.39 is 0 Å². The summed E-state index contributed by atoms with van der Waals surface area (Å²) in [5.41, 5.74) is 0. The molecular formula is C10H18BrN2. The van der Waals surface area contributed by atoms with Crippen LogP contribution in [-0.2, 0) is 0 Å². The third kappa shape index (κ3) is 5.09. The Morgan fingerprint density at radius 2 is 1.92 bits per heavy atom. The molecule has 0 aromatic heterocycles. The van der Waals surface area contributed by atoms with Crippen LogP contribution in [0, 0.1) is 6.67 Å². The smallest absolute Gasteiger partial charge is 0.564 e. The van der Waals surface area contributed by atoms with Gasteiger partial charge in [0.1, 0.15) is 0 Å². The number of nitrogens with zero attached hydrogens (tertiary/aromatic N) is 2. The number of hydrogen-bond acceptors (Lipinski definition) is 2. The summed E-state index contributed by atoms with van der Waals surface area (Å²) < 4.78 is 0. The summed E-state index contributed by atoms with van der Waals surface area (Å²) in [6.45, 7) is 6.54. The molecule has 0 saturated heterocycles. The van der Waals surface area contributed by atoms with Crippen LogP contribution >= 0.6 is 0 Å². The maximum absolute atomic E-state index is 3.19. The highest BCUT2D eigenvalue weighted by atomic mass is 79.9. The van der Waals surface area contributed by atoms with Crippen LogP contribution < -0.4 is 17.0 Å². The van der Waals surface area contributed by atoms with Crippen LogP contribution in [0.2, 0.25) is 0 Å². The molecular weight excluding hydrogens is 228 g/mol. The summed E-state index contributed by atoms with van der Waals surface area (Å²) in [5, 5.41) is 0. The van der Waals surface area contributed by atoms with Crippen molar-refractivity contribution in [1.82, 2.24) is 9.80 Å². The van der Waals surface area contributed by atoms with E-state index in [2.05, 4.69) is 24.7 Å². The van der Waals surface area contributed by atoms with Crippen molar-refractivity contribution in [1.29, 1.82) is 0 Å². The number of halogens is 1. The molecule has 75 valence electrons. The molecule has 0 unspecified atom stereocenters. The second-order valence-electron chi connectivity index (χ2n) is 3.26. The van der Waals surface area contributed by atoms with E-state index in [-0.39, 0.29) is 17.0 Å². The zero-order valence-corrected chi connectivity index (χ0v) is 10.0. The molecule has 3 heteroatoms. The molecule has 0 aliphatic carbocycles. The van der Waals surface area contributed by atoms with Crippen LogP contribution in [0.5, 0.6) is 0 Å². The molecule has 0 N–H and O–H groups in total. The fourth-order valence-electron chi connectivity index (χ4n) is 1.28. The fourth-order valence-corrected chi connectivity index (χ4v) is 1.28. The summed E-state index contributed by atoms with van der Waals surface area (Å²) in [6.07, 6.45) is 9.38. The summed E-state index contributed by atoms with van der Waals surface area (Å²) in [4.78, 5) is 4.08. The molecule has 0 amide bonds. The van der Waals surface area contributed by atoms with E-state index in [9.17, 15) is 0 Å². The van der Waals surface area contributed by atoms with Crippen molar-refractivity contribution in [3.05, 3.63) is 19.1 Å². The Morgan fingerprint density at radius 3 is 2.46 bits per heavy atom. The Kier molecular flexibility index (Phi) is 6.96. The van der Waals surface area contributed by atoms with Gasteiger partial charge in [-0.3, -0.25) is 0 Å². The minimum absolute atomic E-state index is 0. The molecule has 13 heavy (non-hydrogen) atoms. The van der Waals surface area contributed by atoms with Gasteiger partial charge in [-0.25, -0.2) is 0 Å². The second kappa shape index (κ2) is 7.13. The Morgan fingerprint density at radius 1 is 1.15 bits per heavy atom. The predicted octanol–water partition coefficient (Wildman–Crippen LogP) is -0.714. The molecule has 1 heterocycles. The van der Waals surface area contributed by atoms with E-state index in [4.69, 9.17) is 0 Å². The van der Waals surface area contributed by atoms with Crippen molar-refractivity contribution in [2.24, 2.45) is 0 Å². The Labute approximate surface area is 92.4 Å². The van der Waals surface area contributed by atoms with Gasteiger partial charge in [-0.1, -0.05) is 26.2 Å². The Balaban J connectivity index is 0.00000144. The van der Waals surface area contributed by atoms with E-state index in [1.54, 1.807) is 0 Å². The molecule has 1 radical (unpaired) electrons. The fraction of sp³-hybridized carbons (Fsp3) is 0.700. The standard InChI is InChI=1S/C10H18N2.BrH/c1-3-4-5-6-7-12-9-8-11(2)10-12;/h8-9H,3-7H2,1-2H3;1H/q+1;/p-1. The van der Waals surface area contributed by atoms with Crippen molar-refractivity contribution < 1.29 is 17.0 Å². The minimum atomic E-state index is 0. The first-order valence-corrected chi connectivity index (χ1v) is 4.77. The van der Waals surface area contributed by atoms with Crippen LogP contribution in [-0.4, -0.2) is 23.4 Å². The molecule has 0 atom stereocenters.